The van der Waals surface area contributed by atoms with Crippen LogP contribution in [0.1, 0.15) is 6.42 Å². The summed E-state index contributed by atoms with van der Waals surface area (Å²) >= 11 is 0. The van der Waals surface area contributed by atoms with Gasteiger partial charge in [-0.15, -0.1) is 0 Å². The SMILES string of the molecule is O=C(O)[C@H]1NCCC1CO. The van der Waals surface area contributed by atoms with Crippen LogP contribution in [0.15, 0.2) is 0 Å². The molecule has 1 aliphatic rings. The molecule has 0 saturated carbocycles. The van der Waals surface area contributed by atoms with Crippen LogP contribution in [-0.4, -0.2) is 35.4 Å². The van der Waals surface area contributed by atoms with Gasteiger partial charge < -0.3 is 15.5 Å². The van der Waals surface area contributed by atoms with Gasteiger partial charge in [0.25, 0.3) is 0 Å². The molecule has 0 amide bonds. The zero-order chi connectivity index (χ0) is 7.56. The second-order valence-electron chi connectivity index (χ2n) is 2.50. The Hall–Kier alpha value is -0.610. The first-order valence-corrected chi connectivity index (χ1v) is 3.32. The summed E-state index contributed by atoms with van der Waals surface area (Å²) < 4.78 is 0. The first-order valence-electron chi connectivity index (χ1n) is 3.32. The molecule has 1 saturated heterocycles. The quantitative estimate of drug-likeness (QED) is 0.468. The second-order valence-corrected chi connectivity index (χ2v) is 2.50. The highest BCUT2D eigenvalue weighted by atomic mass is 16.4. The molecule has 1 aliphatic heterocycles. The van der Waals surface area contributed by atoms with Crippen molar-refractivity contribution in [2.75, 3.05) is 13.2 Å². The number of rotatable bonds is 2. The minimum atomic E-state index is -0.864. The van der Waals surface area contributed by atoms with E-state index in [1.165, 1.54) is 0 Å². The largest absolute Gasteiger partial charge is 0.480 e. The van der Waals surface area contributed by atoms with Crippen molar-refractivity contribution < 1.29 is 15.0 Å². The number of carbonyl (C=O) groups is 1. The van der Waals surface area contributed by atoms with E-state index in [1.807, 2.05) is 0 Å². The molecular weight excluding hydrogens is 134 g/mol. The van der Waals surface area contributed by atoms with E-state index < -0.39 is 12.0 Å². The lowest BCUT2D eigenvalue weighted by molar-refractivity contribution is -0.140. The fraction of sp³-hybridized carbons (Fsp3) is 0.833. The Morgan fingerprint density at radius 3 is 2.80 bits per heavy atom. The Bertz CT molecular complexity index is 137. The van der Waals surface area contributed by atoms with Crippen molar-refractivity contribution in [3.63, 3.8) is 0 Å². The standard InChI is InChI=1S/C6H11NO3/c8-3-4-1-2-7-5(4)6(9)10/h4-5,7-8H,1-3H2,(H,9,10)/t4?,5-/m0/s1. The first-order chi connectivity index (χ1) is 4.75. The maximum absolute atomic E-state index is 10.4. The molecule has 0 spiro atoms. The van der Waals surface area contributed by atoms with Crippen molar-refractivity contribution in [1.82, 2.24) is 5.32 Å². The van der Waals surface area contributed by atoms with E-state index in [9.17, 15) is 4.79 Å². The average molecular weight is 145 g/mol. The van der Waals surface area contributed by atoms with Gasteiger partial charge in [-0.3, -0.25) is 4.79 Å². The molecule has 0 aromatic carbocycles. The topological polar surface area (TPSA) is 69.6 Å². The highest BCUT2D eigenvalue weighted by molar-refractivity contribution is 5.74. The maximum Gasteiger partial charge on any atom is 0.321 e. The monoisotopic (exact) mass is 145 g/mol. The molecule has 1 unspecified atom stereocenters. The van der Waals surface area contributed by atoms with E-state index in [1.54, 1.807) is 0 Å². The number of hydrogen-bond acceptors (Lipinski definition) is 3. The maximum atomic E-state index is 10.4. The van der Waals surface area contributed by atoms with Crippen molar-refractivity contribution in [2.24, 2.45) is 5.92 Å². The molecule has 2 atom stereocenters. The zero-order valence-corrected chi connectivity index (χ0v) is 5.58. The summed E-state index contributed by atoms with van der Waals surface area (Å²) in [4.78, 5) is 10.4. The smallest absolute Gasteiger partial charge is 0.321 e. The van der Waals surface area contributed by atoms with Gasteiger partial charge in [-0.1, -0.05) is 0 Å². The van der Waals surface area contributed by atoms with Crippen LogP contribution < -0.4 is 5.32 Å². The van der Waals surface area contributed by atoms with Crippen LogP contribution in [0.2, 0.25) is 0 Å². The number of aliphatic carboxylic acids is 1. The number of carboxylic acid groups (broad SMARTS) is 1. The van der Waals surface area contributed by atoms with E-state index in [-0.39, 0.29) is 12.5 Å². The minimum absolute atomic E-state index is 0.0377. The van der Waals surface area contributed by atoms with Gasteiger partial charge in [0.15, 0.2) is 0 Å². The lowest BCUT2D eigenvalue weighted by Crippen LogP contribution is -2.36. The van der Waals surface area contributed by atoms with Gasteiger partial charge in [0, 0.05) is 12.5 Å². The molecule has 0 aromatic rings. The molecule has 1 rings (SSSR count). The minimum Gasteiger partial charge on any atom is -0.480 e. The molecule has 4 heteroatoms. The van der Waals surface area contributed by atoms with Gasteiger partial charge in [-0.2, -0.15) is 0 Å². The Balaban J connectivity index is 2.50. The van der Waals surface area contributed by atoms with Crippen molar-refractivity contribution in [2.45, 2.75) is 12.5 Å². The third-order valence-electron chi connectivity index (χ3n) is 1.85. The van der Waals surface area contributed by atoms with E-state index >= 15 is 0 Å². The van der Waals surface area contributed by atoms with E-state index in [0.717, 1.165) is 6.42 Å². The highest BCUT2D eigenvalue weighted by Crippen LogP contribution is 2.14. The zero-order valence-electron chi connectivity index (χ0n) is 5.58. The van der Waals surface area contributed by atoms with E-state index in [0.29, 0.717) is 6.54 Å². The summed E-state index contributed by atoms with van der Waals surface area (Å²) in [5, 5.41) is 20.0. The molecular formula is C6H11NO3. The third-order valence-corrected chi connectivity index (χ3v) is 1.85. The molecule has 3 N–H and O–H groups in total. The molecule has 10 heavy (non-hydrogen) atoms. The number of aliphatic hydroxyl groups excluding tert-OH is 1. The van der Waals surface area contributed by atoms with Gasteiger partial charge in [0.1, 0.15) is 6.04 Å². The van der Waals surface area contributed by atoms with Gasteiger partial charge in [-0.05, 0) is 13.0 Å². The Labute approximate surface area is 58.9 Å². The normalized spacial score (nSPS) is 32.5. The van der Waals surface area contributed by atoms with Crippen molar-refractivity contribution in [3.05, 3.63) is 0 Å². The van der Waals surface area contributed by atoms with Crippen LogP contribution in [0.4, 0.5) is 0 Å². The summed E-state index contributed by atoms with van der Waals surface area (Å²) in [6, 6.07) is -0.537. The van der Waals surface area contributed by atoms with Gasteiger partial charge in [-0.25, -0.2) is 0 Å². The Morgan fingerprint density at radius 1 is 1.70 bits per heavy atom. The Kier molecular flexibility index (Phi) is 2.24. The number of aliphatic hydroxyl groups is 1. The average Bonchev–Trinajstić information content (AvgIpc) is 2.33. The first kappa shape index (κ1) is 7.50. The molecule has 1 fully saturated rings. The van der Waals surface area contributed by atoms with Crippen molar-refractivity contribution in [3.8, 4) is 0 Å². The Morgan fingerprint density at radius 2 is 2.40 bits per heavy atom. The molecule has 58 valence electrons. The lowest BCUT2D eigenvalue weighted by Gasteiger charge is -2.10. The van der Waals surface area contributed by atoms with Gasteiger partial charge in [0.2, 0.25) is 0 Å². The van der Waals surface area contributed by atoms with Crippen LogP contribution >= 0.6 is 0 Å². The molecule has 1 heterocycles. The third kappa shape index (κ3) is 1.27. The number of hydrogen-bond donors (Lipinski definition) is 3. The molecule has 0 bridgehead atoms. The summed E-state index contributed by atoms with van der Waals surface area (Å²) in [6.45, 7) is 0.659. The van der Waals surface area contributed by atoms with Crippen LogP contribution in [0.5, 0.6) is 0 Å². The summed E-state index contributed by atoms with van der Waals surface area (Å²) in [6.07, 6.45) is 0.757. The van der Waals surface area contributed by atoms with Crippen molar-refractivity contribution in [1.29, 1.82) is 0 Å². The summed E-state index contributed by atoms with van der Waals surface area (Å²) in [7, 11) is 0. The predicted octanol–water partition coefficient (Wildman–Crippen LogP) is -0.959. The molecule has 4 nitrogen and oxygen atoms in total. The van der Waals surface area contributed by atoms with E-state index in [2.05, 4.69) is 5.32 Å². The number of carboxylic acids is 1. The van der Waals surface area contributed by atoms with Gasteiger partial charge >= 0.3 is 5.97 Å². The van der Waals surface area contributed by atoms with Crippen LogP contribution in [0.25, 0.3) is 0 Å². The van der Waals surface area contributed by atoms with Crippen molar-refractivity contribution >= 4 is 5.97 Å². The second kappa shape index (κ2) is 2.98. The van der Waals surface area contributed by atoms with Crippen LogP contribution in [0.3, 0.4) is 0 Å². The fourth-order valence-corrected chi connectivity index (χ4v) is 1.24. The van der Waals surface area contributed by atoms with Crippen LogP contribution in [-0.2, 0) is 4.79 Å². The van der Waals surface area contributed by atoms with Crippen LogP contribution in [0, 0.1) is 5.92 Å². The summed E-state index contributed by atoms with van der Waals surface area (Å²) in [5.74, 6) is -0.964. The summed E-state index contributed by atoms with van der Waals surface area (Å²) in [5.41, 5.74) is 0. The van der Waals surface area contributed by atoms with Gasteiger partial charge in [0.05, 0.1) is 0 Å². The fourth-order valence-electron chi connectivity index (χ4n) is 1.24. The highest BCUT2D eigenvalue weighted by Gasteiger charge is 2.31. The predicted molar refractivity (Wildman–Crippen MR) is 34.6 cm³/mol. The molecule has 0 aromatic heterocycles. The van der Waals surface area contributed by atoms with E-state index in [4.69, 9.17) is 10.2 Å². The number of nitrogens with one attached hydrogen (secondary N) is 1. The lowest BCUT2D eigenvalue weighted by atomic mass is 10.0. The molecule has 0 aliphatic carbocycles. The molecule has 0 radical (unpaired) electrons.